The Kier molecular flexibility index (Phi) is 2.94. The Labute approximate surface area is 80.9 Å². The van der Waals surface area contributed by atoms with Gasteiger partial charge in [-0.15, -0.1) is 31.2 Å². The largest absolute Gasteiger partial charge is 0.571 e. The Balaban J connectivity index is 3.15. The summed E-state index contributed by atoms with van der Waals surface area (Å²) in [5.41, 5.74) is -0.877. The molecule has 0 radical (unpaired) electrons. The van der Waals surface area contributed by atoms with Gasteiger partial charge < -0.3 is 0 Å². The molecule has 1 rings (SSSR count). The first-order valence-corrected chi connectivity index (χ1v) is 3.79. The molecule has 0 spiro atoms. The fourth-order valence-corrected chi connectivity index (χ4v) is 1.09. The average Bonchev–Trinajstić information content (AvgIpc) is 2.00. The van der Waals surface area contributed by atoms with E-state index in [1.165, 1.54) is 6.07 Å². The summed E-state index contributed by atoms with van der Waals surface area (Å²) >= 11 is 0. The molecular formula is C8H6F6N+. The van der Waals surface area contributed by atoms with Gasteiger partial charge in [0, 0.05) is 0 Å². The van der Waals surface area contributed by atoms with Crippen molar-refractivity contribution in [1.82, 2.24) is 0 Å². The van der Waals surface area contributed by atoms with Gasteiger partial charge in [0.25, 0.3) is 0 Å². The van der Waals surface area contributed by atoms with Crippen LogP contribution in [0.2, 0.25) is 0 Å². The second kappa shape index (κ2) is 3.73. The quantitative estimate of drug-likeness (QED) is 0.557. The molecule has 0 amide bonds. The number of nitrogens with one attached hydrogen (secondary N) is 1. The van der Waals surface area contributed by atoms with E-state index in [1.54, 1.807) is 0 Å². The molecule has 15 heavy (non-hydrogen) atoms. The van der Waals surface area contributed by atoms with Gasteiger partial charge in [0.1, 0.15) is 5.69 Å². The van der Waals surface area contributed by atoms with Crippen LogP contribution in [-0.4, -0.2) is 12.6 Å². The summed E-state index contributed by atoms with van der Waals surface area (Å²) in [4.78, 5) is -2.48. The van der Waals surface area contributed by atoms with Crippen LogP contribution in [0.15, 0.2) is 30.3 Å². The minimum atomic E-state index is -5.40. The normalized spacial score (nSPS) is 13.3. The molecule has 1 aromatic carbocycles. The van der Waals surface area contributed by atoms with Crippen molar-refractivity contribution < 1.29 is 31.2 Å². The van der Waals surface area contributed by atoms with Crippen LogP contribution in [-0.2, 0) is 0 Å². The van der Waals surface area contributed by atoms with Crippen molar-refractivity contribution in [2.24, 2.45) is 0 Å². The number of hydrogen-bond acceptors (Lipinski definition) is 0. The van der Waals surface area contributed by atoms with E-state index in [2.05, 4.69) is 0 Å². The van der Waals surface area contributed by atoms with Gasteiger partial charge in [-0.05, 0) is 12.1 Å². The van der Waals surface area contributed by atoms with E-state index in [9.17, 15) is 26.3 Å². The van der Waals surface area contributed by atoms with Gasteiger partial charge in [0.05, 0.1) is 0 Å². The van der Waals surface area contributed by atoms with Crippen molar-refractivity contribution in [1.29, 1.82) is 0 Å². The molecule has 1 N–H and O–H groups in total. The van der Waals surface area contributed by atoms with Crippen LogP contribution >= 0.6 is 0 Å². The Morgan fingerprint density at radius 2 is 1.13 bits per heavy atom. The van der Waals surface area contributed by atoms with E-state index in [0.717, 1.165) is 24.3 Å². The highest BCUT2D eigenvalue weighted by Crippen LogP contribution is 2.19. The van der Waals surface area contributed by atoms with E-state index >= 15 is 0 Å². The molecule has 0 unspecified atom stereocenters. The lowest BCUT2D eigenvalue weighted by Gasteiger charge is -2.21. The number of alkyl halides is 6. The Morgan fingerprint density at radius 1 is 0.733 bits per heavy atom. The van der Waals surface area contributed by atoms with Crippen LogP contribution in [0.4, 0.5) is 32.0 Å². The first kappa shape index (κ1) is 11.8. The first-order chi connectivity index (χ1) is 6.73. The monoisotopic (exact) mass is 230 g/mol. The lowest BCUT2D eigenvalue weighted by Crippen LogP contribution is -3.19. The number of rotatable bonds is 1. The molecule has 0 aliphatic rings. The van der Waals surface area contributed by atoms with Gasteiger partial charge in [0.15, 0.2) is 0 Å². The molecule has 7 heteroatoms. The van der Waals surface area contributed by atoms with Gasteiger partial charge >= 0.3 is 12.6 Å². The predicted molar refractivity (Wildman–Crippen MR) is 39.2 cm³/mol. The molecule has 0 aromatic heterocycles. The molecule has 0 bridgehead atoms. The molecular weight excluding hydrogens is 224 g/mol. The van der Waals surface area contributed by atoms with Gasteiger partial charge in [0.2, 0.25) is 0 Å². The van der Waals surface area contributed by atoms with Crippen molar-refractivity contribution in [3.8, 4) is 0 Å². The van der Waals surface area contributed by atoms with Crippen LogP contribution in [0.1, 0.15) is 0 Å². The second-order valence-corrected chi connectivity index (χ2v) is 2.74. The van der Waals surface area contributed by atoms with Crippen LogP contribution in [0.5, 0.6) is 0 Å². The summed E-state index contributed by atoms with van der Waals surface area (Å²) in [6.07, 6.45) is -10.8. The Morgan fingerprint density at radius 3 is 1.47 bits per heavy atom. The predicted octanol–water partition coefficient (Wildman–Crippen LogP) is 2.24. The summed E-state index contributed by atoms with van der Waals surface area (Å²) in [7, 11) is 0. The molecule has 0 saturated carbocycles. The summed E-state index contributed by atoms with van der Waals surface area (Å²) in [6, 6.07) is 5.13. The topological polar surface area (TPSA) is 4.44 Å². The molecule has 0 fully saturated rings. The molecule has 0 heterocycles. The Bertz CT molecular complexity index is 300. The second-order valence-electron chi connectivity index (χ2n) is 2.74. The fraction of sp³-hybridized carbons (Fsp3) is 0.250. The zero-order chi connectivity index (χ0) is 11.7. The van der Waals surface area contributed by atoms with Gasteiger partial charge in [-0.3, -0.25) is 0 Å². The number of quaternary nitrogens is 1. The molecule has 0 atom stereocenters. The highest BCUT2D eigenvalue weighted by molar-refractivity contribution is 5.28. The zero-order valence-corrected chi connectivity index (χ0v) is 7.15. The van der Waals surface area contributed by atoms with Gasteiger partial charge in [-0.2, -0.15) is 0 Å². The van der Waals surface area contributed by atoms with E-state index in [0.29, 0.717) is 0 Å². The summed E-state index contributed by atoms with van der Waals surface area (Å²) in [6.45, 7) is 0. The van der Waals surface area contributed by atoms with Crippen molar-refractivity contribution in [3.05, 3.63) is 30.3 Å². The van der Waals surface area contributed by atoms with Crippen molar-refractivity contribution in [3.63, 3.8) is 0 Å². The molecule has 0 aliphatic carbocycles. The van der Waals surface area contributed by atoms with E-state index in [-0.39, 0.29) is 0 Å². The first-order valence-electron chi connectivity index (χ1n) is 3.79. The SMILES string of the molecule is FC(F)(F)[NH+](c1ccccc1)C(F)(F)F. The van der Waals surface area contributed by atoms with Crippen LogP contribution < -0.4 is 4.90 Å². The maximum atomic E-state index is 12.1. The zero-order valence-electron chi connectivity index (χ0n) is 7.15. The van der Waals surface area contributed by atoms with E-state index in [4.69, 9.17) is 0 Å². The third kappa shape index (κ3) is 2.85. The molecule has 84 valence electrons. The molecule has 0 aliphatic heterocycles. The van der Waals surface area contributed by atoms with Crippen LogP contribution in [0, 0.1) is 0 Å². The smallest absolute Gasteiger partial charge is 0.117 e. The van der Waals surface area contributed by atoms with Crippen molar-refractivity contribution in [2.45, 2.75) is 12.6 Å². The highest BCUT2D eigenvalue weighted by Gasteiger charge is 2.60. The standard InChI is InChI=1S/C8H5F6N/c9-7(10,11)15(8(12,13)14)6-4-2-1-3-5-6/h1-5H/p+1. The lowest BCUT2D eigenvalue weighted by molar-refractivity contribution is -1.04. The highest BCUT2D eigenvalue weighted by atomic mass is 19.4. The fourth-order valence-electron chi connectivity index (χ4n) is 1.09. The van der Waals surface area contributed by atoms with Gasteiger partial charge in [-0.25, -0.2) is 0 Å². The van der Waals surface area contributed by atoms with Gasteiger partial charge in [-0.1, -0.05) is 18.2 Å². The summed E-state index contributed by atoms with van der Waals surface area (Å²) in [5.74, 6) is 0. The number of halogens is 6. The molecule has 0 saturated heterocycles. The minimum Gasteiger partial charge on any atom is -0.117 e. The summed E-state index contributed by atoms with van der Waals surface area (Å²) < 4.78 is 72.9. The number of hydrogen-bond donors (Lipinski definition) is 1. The maximum absolute atomic E-state index is 12.1. The third-order valence-electron chi connectivity index (χ3n) is 1.63. The van der Waals surface area contributed by atoms with E-state index in [1.807, 2.05) is 0 Å². The van der Waals surface area contributed by atoms with Crippen LogP contribution in [0.3, 0.4) is 0 Å². The maximum Gasteiger partial charge on any atom is 0.571 e. The van der Waals surface area contributed by atoms with Crippen LogP contribution in [0.25, 0.3) is 0 Å². The summed E-state index contributed by atoms with van der Waals surface area (Å²) in [5, 5.41) is 0. The van der Waals surface area contributed by atoms with Crippen molar-refractivity contribution in [2.75, 3.05) is 0 Å². The molecule has 1 aromatic rings. The Hall–Kier alpha value is -1.24. The third-order valence-corrected chi connectivity index (χ3v) is 1.63. The van der Waals surface area contributed by atoms with Crippen molar-refractivity contribution >= 4 is 5.69 Å². The average molecular weight is 230 g/mol. The number of para-hydroxylation sites is 1. The lowest BCUT2D eigenvalue weighted by atomic mass is 10.3. The van der Waals surface area contributed by atoms with E-state index < -0.39 is 23.2 Å². The molecule has 1 nitrogen and oxygen atoms in total. The number of benzene rings is 1. The minimum absolute atomic E-state index is 0.774.